The van der Waals surface area contributed by atoms with Crippen molar-refractivity contribution < 1.29 is 22.3 Å². The SMILES string of the molecule is Cn1c(Nc2cc(C(F)(F)F)ccc2F)nc2cc(Oc3ccnc(-c4nc(-c5ccccc5)n[nH]4)c3)ccc21. The second kappa shape index (κ2) is 9.80. The van der Waals surface area contributed by atoms with Crippen molar-refractivity contribution in [2.24, 2.45) is 7.05 Å². The van der Waals surface area contributed by atoms with Crippen LogP contribution < -0.4 is 10.1 Å². The van der Waals surface area contributed by atoms with E-state index in [0.717, 1.165) is 11.6 Å². The summed E-state index contributed by atoms with van der Waals surface area (Å²) in [7, 11) is 1.67. The van der Waals surface area contributed by atoms with E-state index in [2.05, 4.69) is 30.5 Å². The molecule has 3 aromatic heterocycles. The Morgan fingerprint density at radius 2 is 1.70 bits per heavy atom. The number of pyridine rings is 1. The van der Waals surface area contributed by atoms with Crippen LogP contribution >= 0.6 is 0 Å². The number of alkyl halides is 3. The topological polar surface area (TPSA) is 93.5 Å². The van der Waals surface area contributed by atoms with Crippen LogP contribution in [0.1, 0.15) is 5.56 Å². The maximum Gasteiger partial charge on any atom is 0.416 e. The van der Waals surface area contributed by atoms with Gasteiger partial charge in [0.05, 0.1) is 22.3 Å². The zero-order valence-corrected chi connectivity index (χ0v) is 20.7. The van der Waals surface area contributed by atoms with Gasteiger partial charge < -0.3 is 14.6 Å². The molecule has 0 aliphatic rings. The highest BCUT2D eigenvalue weighted by molar-refractivity contribution is 5.81. The summed E-state index contributed by atoms with van der Waals surface area (Å²) >= 11 is 0. The van der Waals surface area contributed by atoms with Gasteiger partial charge in [-0.1, -0.05) is 30.3 Å². The average molecular weight is 546 g/mol. The predicted molar refractivity (Wildman–Crippen MR) is 141 cm³/mol. The molecule has 6 rings (SSSR count). The monoisotopic (exact) mass is 545 g/mol. The number of H-pyrrole nitrogens is 1. The van der Waals surface area contributed by atoms with Crippen LogP contribution in [0.15, 0.2) is 85.1 Å². The van der Waals surface area contributed by atoms with Gasteiger partial charge in [0, 0.05) is 30.9 Å². The lowest BCUT2D eigenvalue weighted by atomic mass is 10.2. The number of benzene rings is 3. The van der Waals surface area contributed by atoms with Gasteiger partial charge in [0.1, 0.15) is 23.0 Å². The lowest BCUT2D eigenvalue weighted by Gasteiger charge is -2.11. The zero-order valence-electron chi connectivity index (χ0n) is 20.7. The Bertz CT molecular complexity index is 1830. The second-order valence-corrected chi connectivity index (χ2v) is 8.81. The van der Waals surface area contributed by atoms with Crippen molar-refractivity contribution >= 4 is 22.7 Å². The standard InChI is InChI=1S/C28H19F4N7O/c1-39-24-10-8-18(14-22(24)35-27(39)34-21-13-17(28(30,31)32)7-9-20(21)29)40-19-11-12-33-23(15-19)26-36-25(37-38-26)16-5-3-2-4-6-16/h2-15H,1H3,(H,34,35)(H,36,37,38). The van der Waals surface area contributed by atoms with E-state index in [1.807, 2.05) is 30.3 Å². The van der Waals surface area contributed by atoms with Gasteiger partial charge in [0.2, 0.25) is 5.95 Å². The Labute approximate surface area is 224 Å². The number of hydrogen-bond donors (Lipinski definition) is 2. The van der Waals surface area contributed by atoms with Crippen LogP contribution in [0.5, 0.6) is 11.5 Å². The fourth-order valence-corrected chi connectivity index (χ4v) is 4.11. The fraction of sp³-hybridized carbons (Fsp3) is 0.0714. The molecular weight excluding hydrogens is 526 g/mol. The summed E-state index contributed by atoms with van der Waals surface area (Å²) in [5, 5.41) is 9.82. The number of aromatic amines is 1. The molecule has 8 nitrogen and oxygen atoms in total. The number of aromatic nitrogens is 6. The van der Waals surface area contributed by atoms with Gasteiger partial charge in [-0.2, -0.15) is 18.3 Å². The van der Waals surface area contributed by atoms with Crippen LogP contribution in [0.25, 0.3) is 33.9 Å². The summed E-state index contributed by atoms with van der Waals surface area (Å²) < 4.78 is 61.2. The Morgan fingerprint density at radius 3 is 2.50 bits per heavy atom. The van der Waals surface area contributed by atoms with E-state index in [9.17, 15) is 17.6 Å². The number of fused-ring (bicyclic) bond motifs is 1. The summed E-state index contributed by atoms with van der Waals surface area (Å²) in [6.45, 7) is 0. The van der Waals surface area contributed by atoms with Crippen molar-refractivity contribution in [1.29, 1.82) is 0 Å². The minimum atomic E-state index is -4.60. The maximum atomic E-state index is 14.3. The summed E-state index contributed by atoms with van der Waals surface area (Å²) in [5.41, 5.74) is 1.24. The number of aryl methyl sites for hydroxylation is 1. The first-order valence-corrected chi connectivity index (χ1v) is 12.0. The third-order valence-corrected chi connectivity index (χ3v) is 6.12. The number of hydrogen-bond acceptors (Lipinski definition) is 6. The average Bonchev–Trinajstić information content (AvgIpc) is 3.55. The molecule has 12 heteroatoms. The van der Waals surface area contributed by atoms with Crippen LogP contribution in [0.4, 0.5) is 29.2 Å². The molecule has 0 saturated carbocycles. The van der Waals surface area contributed by atoms with E-state index in [0.29, 0.717) is 52.0 Å². The first-order valence-electron chi connectivity index (χ1n) is 12.0. The maximum absolute atomic E-state index is 14.3. The van der Waals surface area contributed by atoms with E-state index in [1.54, 1.807) is 48.1 Å². The molecule has 0 bridgehead atoms. The molecule has 3 heterocycles. The first kappa shape index (κ1) is 25.0. The quantitative estimate of drug-likeness (QED) is 0.217. The largest absolute Gasteiger partial charge is 0.457 e. The molecule has 0 aliphatic carbocycles. The lowest BCUT2D eigenvalue weighted by Crippen LogP contribution is -2.07. The minimum Gasteiger partial charge on any atom is -0.457 e. The molecule has 0 spiro atoms. The van der Waals surface area contributed by atoms with Crippen molar-refractivity contribution in [3.8, 4) is 34.4 Å². The molecule has 0 radical (unpaired) electrons. The van der Waals surface area contributed by atoms with E-state index >= 15 is 0 Å². The number of imidazole rings is 1. The predicted octanol–water partition coefficient (Wildman–Crippen LogP) is 7.11. The Kier molecular flexibility index (Phi) is 6.14. The second-order valence-electron chi connectivity index (χ2n) is 8.81. The van der Waals surface area contributed by atoms with Gasteiger partial charge in [-0.15, -0.1) is 0 Å². The van der Waals surface area contributed by atoms with Crippen molar-refractivity contribution in [1.82, 2.24) is 29.7 Å². The summed E-state index contributed by atoms with van der Waals surface area (Å²) in [6.07, 6.45) is -3.02. The molecule has 0 unspecified atom stereocenters. The van der Waals surface area contributed by atoms with Crippen LogP contribution in [0, 0.1) is 5.82 Å². The highest BCUT2D eigenvalue weighted by Crippen LogP contribution is 2.34. The van der Waals surface area contributed by atoms with Crippen molar-refractivity contribution in [3.63, 3.8) is 0 Å². The Balaban J connectivity index is 1.24. The highest BCUT2D eigenvalue weighted by atomic mass is 19.4. The van der Waals surface area contributed by atoms with Gasteiger partial charge in [-0.05, 0) is 36.4 Å². The van der Waals surface area contributed by atoms with Crippen molar-refractivity contribution in [2.75, 3.05) is 5.32 Å². The third kappa shape index (κ3) is 4.94. The van der Waals surface area contributed by atoms with Gasteiger partial charge in [-0.3, -0.25) is 10.1 Å². The highest BCUT2D eigenvalue weighted by Gasteiger charge is 2.31. The van der Waals surface area contributed by atoms with Crippen LogP contribution in [-0.2, 0) is 13.2 Å². The molecule has 6 aromatic rings. The van der Waals surface area contributed by atoms with E-state index in [4.69, 9.17) is 4.74 Å². The minimum absolute atomic E-state index is 0.163. The molecule has 0 atom stereocenters. The van der Waals surface area contributed by atoms with Crippen molar-refractivity contribution in [3.05, 3.63) is 96.4 Å². The number of nitrogens with one attached hydrogen (secondary N) is 2. The van der Waals surface area contributed by atoms with Gasteiger partial charge in [0.25, 0.3) is 0 Å². The number of anilines is 2. The molecule has 40 heavy (non-hydrogen) atoms. The number of halogens is 4. The smallest absolute Gasteiger partial charge is 0.416 e. The first-order chi connectivity index (χ1) is 19.2. The molecular formula is C28H19F4N7O. The molecule has 200 valence electrons. The van der Waals surface area contributed by atoms with E-state index in [-0.39, 0.29) is 11.6 Å². The number of rotatable bonds is 6. The molecule has 0 aliphatic heterocycles. The van der Waals surface area contributed by atoms with E-state index < -0.39 is 17.6 Å². The summed E-state index contributed by atoms with van der Waals surface area (Å²) in [6, 6.07) is 20.2. The molecule has 0 amide bonds. The summed E-state index contributed by atoms with van der Waals surface area (Å²) in [4.78, 5) is 13.3. The fourth-order valence-electron chi connectivity index (χ4n) is 4.11. The number of nitrogens with zero attached hydrogens (tertiary/aromatic N) is 5. The molecule has 0 saturated heterocycles. The van der Waals surface area contributed by atoms with E-state index in [1.165, 1.54) is 0 Å². The van der Waals surface area contributed by atoms with Crippen LogP contribution in [-0.4, -0.2) is 29.7 Å². The summed E-state index contributed by atoms with van der Waals surface area (Å²) in [5.74, 6) is 1.29. The Hall–Kier alpha value is -5.26. The normalized spacial score (nSPS) is 11.6. The lowest BCUT2D eigenvalue weighted by molar-refractivity contribution is -0.137. The molecule has 2 N–H and O–H groups in total. The Morgan fingerprint density at radius 1 is 0.900 bits per heavy atom. The van der Waals surface area contributed by atoms with Crippen molar-refractivity contribution in [2.45, 2.75) is 6.18 Å². The molecule has 3 aromatic carbocycles. The van der Waals surface area contributed by atoms with Crippen LogP contribution in [0.3, 0.4) is 0 Å². The van der Waals surface area contributed by atoms with Gasteiger partial charge in [-0.25, -0.2) is 14.4 Å². The zero-order chi connectivity index (χ0) is 27.9. The van der Waals surface area contributed by atoms with Gasteiger partial charge >= 0.3 is 6.18 Å². The number of ether oxygens (including phenoxy) is 1. The van der Waals surface area contributed by atoms with Crippen LogP contribution in [0.2, 0.25) is 0 Å². The van der Waals surface area contributed by atoms with Gasteiger partial charge in [0.15, 0.2) is 11.6 Å². The third-order valence-electron chi connectivity index (χ3n) is 6.12. The molecule has 0 fully saturated rings.